The number of halogens is 2. The largest absolute Gasteiger partial charge is 0.322 e. The summed E-state index contributed by atoms with van der Waals surface area (Å²) in [6, 6.07) is 5.02. The molecule has 0 fully saturated rings. The fourth-order valence-electron chi connectivity index (χ4n) is 2.83. The van der Waals surface area contributed by atoms with Gasteiger partial charge in [-0.1, -0.05) is 23.2 Å². The summed E-state index contributed by atoms with van der Waals surface area (Å²) >= 11 is 14.6. The molecular weight excluding hydrogens is 475 g/mol. The maximum atomic E-state index is 13.6. The van der Waals surface area contributed by atoms with Crippen LogP contribution in [0.2, 0.25) is 9.36 Å². The van der Waals surface area contributed by atoms with Crippen LogP contribution in [0, 0.1) is 0 Å². The van der Waals surface area contributed by atoms with Gasteiger partial charge in [-0.2, -0.15) is 0 Å². The van der Waals surface area contributed by atoms with E-state index in [0.717, 1.165) is 15.6 Å². The molecule has 0 saturated carbocycles. The molecule has 1 aromatic carbocycles. The molecule has 150 valence electrons. The van der Waals surface area contributed by atoms with Crippen molar-refractivity contribution < 1.29 is 13.2 Å². The van der Waals surface area contributed by atoms with Crippen LogP contribution >= 0.6 is 45.9 Å². The summed E-state index contributed by atoms with van der Waals surface area (Å²) in [5, 5.41) is 5.29. The highest BCUT2D eigenvalue weighted by Gasteiger charge is 2.40. The van der Waals surface area contributed by atoms with Crippen molar-refractivity contribution in [1.29, 1.82) is 0 Å². The van der Waals surface area contributed by atoms with Gasteiger partial charge in [0.1, 0.15) is 10.9 Å². The summed E-state index contributed by atoms with van der Waals surface area (Å²) < 4.78 is 28.5. The van der Waals surface area contributed by atoms with E-state index in [1.165, 1.54) is 36.6 Å². The third kappa shape index (κ3) is 3.78. The number of benzene rings is 1. The number of hydrogen-bond donors (Lipinski definition) is 1. The first kappa shape index (κ1) is 20.3. The lowest BCUT2D eigenvalue weighted by atomic mass is 10.1. The number of thiophene rings is 1. The SMILES string of the molecule is CC1C(=O)Nc2ccc(Cl)cc2N1S(=O)(=O)c1cc(Cl)sc1/C=N\c1nccs1. The van der Waals surface area contributed by atoms with Crippen LogP contribution in [0.25, 0.3) is 0 Å². The Morgan fingerprint density at radius 2 is 2.10 bits per heavy atom. The van der Waals surface area contributed by atoms with Crippen LogP contribution in [0.4, 0.5) is 16.5 Å². The number of nitrogens with zero attached hydrogens (tertiary/aromatic N) is 3. The molecule has 4 rings (SSSR count). The monoisotopic (exact) mass is 486 g/mol. The van der Waals surface area contributed by atoms with Crippen molar-refractivity contribution in [2.45, 2.75) is 17.9 Å². The highest BCUT2D eigenvalue weighted by Crippen LogP contribution is 2.40. The van der Waals surface area contributed by atoms with Crippen molar-refractivity contribution in [2.75, 3.05) is 9.62 Å². The first-order valence-corrected chi connectivity index (χ1v) is 12.0. The Morgan fingerprint density at radius 1 is 1.31 bits per heavy atom. The molecule has 12 heteroatoms. The Bertz CT molecular complexity index is 1220. The predicted molar refractivity (Wildman–Crippen MR) is 118 cm³/mol. The number of fused-ring (bicyclic) bond motifs is 1. The summed E-state index contributed by atoms with van der Waals surface area (Å²) in [5.41, 5.74) is 0.648. The van der Waals surface area contributed by atoms with E-state index in [2.05, 4.69) is 15.3 Å². The minimum Gasteiger partial charge on any atom is -0.322 e. The van der Waals surface area contributed by atoms with Crippen molar-refractivity contribution in [3.05, 3.63) is 50.1 Å². The number of carbonyl (C=O) groups excluding carboxylic acids is 1. The maximum absolute atomic E-state index is 13.6. The summed E-state index contributed by atoms with van der Waals surface area (Å²) in [6.07, 6.45) is 3.01. The summed E-state index contributed by atoms with van der Waals surface area (Å²) in [5.74, 6) is -0.442. The van der Waals surface area contributed by atoms with E-state index in [0.29, 0.717) is 20.7 Å². The second-order valence-corrected chi connectivity index (χ2v) is 10.8. The standard InChI is InChI=1S/C17H12Cl2N4O3S3/c1-9-16(24)22-11-3-2-10(18)6-12(11)23(9)29(25,26)14-7-15(19)28-13(14)8-21-17-20-4-5-27-17/h2-9H,1H3,(H,22,24)/b21-8-. The molecule has 3 heterocycles. The lowest BCUT2D eigenvalue weighted by Gasteiger charge is -2.35. The summed E-state index contributed by atoms with van der Waals surface area (Å²) in [7, 11) is -4.14. The van der Waals surface area contributed by atoms with Crippen LogP contribution in [0.1, 0.15) is 11.8 Å². The molecule has 7 nitrogen and oxygen atoms in total. The molecule has 1 amide bonds. The molecule has 0 saturated heterocycles. The van der Waals surface area contributed by atoms with Crippen LogP contribution in [0.15, 0.2) is 45.7 Å². The fraction of sp³-hybridized carbons (Fsp3) is 0.118. The second kappa shape index (κ2) is 7.69. The van der Waals surface area contributed by atoms with Crippen molar-refractivity contribution in [3.63, 3.8) is 0 Å². The molecule has 0 bridgehead atoms. The van der Waals surface area contributed by atoms with Crippen molar-refractivity contribution in [3.8, 4) is 0 Å². The Balaban J connectivity index is 1.84. The zero-order valence-corrected chi connectivity index (χ0v) is 18.6. The Kier molecular flexibility index (Phi) is 5.38. The number of rotatable bonds is 4. The van der Waals surface area contributed by atoms with E-state index in [9.17, 15) is 13.2 Å². The molecular formula is C17H12Cl2N4O3S3. The number of thiazole rings is 1. The van der Waals surface area contributed by atoms with Crippen LogP contribution in [0.5, 0.6) is 0 Å². The molecule has 0 spiro atoms. The molecule has 1 atom stereocenters. The number of carbonyl (C=O) groups is 1. The third-order valence-electron chi connectivity index (χ3n) is 4.13. The van der Waals surface area contributed by atoms with Crippen molar-refractivity contribution in [1.82, 2.24) is 4.98 Å². The van der Waals surface area contributed by atoms with E-state index in [-0.39, 0.29) is 14.9 Å². The van der Waals surface area contributed by atoms with E-state index in [1.807, 2.05) is 0 Å². The third-order valence-corrected chi connectivity index (χ3v) is 8.30. The van der Waals surface area contributed by atoms with Gasteiger partial charge in [-0.3, -0.25) is 9.10 Å². The minimum atomic E-state index is -4.14. The van der Waals surface area contributed by atoms with E-state index >= 15 is 0 Å². The van der Waals surface area contributed by atoms with Crippen LogP contribution < -0.4 is 9.62 Å². The molecule has 2 aromatic heterocycles. The molecule has 29 heavy (non-hydrogen) atoms. The topological polar surface area (TPSA) is 91.7 Å². The van der Waals surface area contributed by atoms with Gasteiger partial charge >= 0.3 is 0 Å². The number of aliphatic imine (C=N–C) groups is 1. The zero-order chi connectivity index (χ0) is 20.8. The highest BCUT2D eigenvalue weighted by atomic mass is 35.5. The molecule has 0 radical (unpaired) electrons. The second-order valence-electron chi connectivity index (χ2n) is 5.98. The van der Waals surface area contributed by atoms with Crippen molar-refractivity contribution >= 4 is 84.5 Å². The highest BCUT2D eigenvalue weighted by molar-refractivity contribution is 7.93. The number of amides is 1. The van der Waals surface area contributed by atoms with E-state index < -0.39 is 22.0 Å². The van der Waals surface area contributed by atoms with Gasteiger partial charge < -0.3 is 5.32 Å². The van der Waals surface area contributed by atoms with Gasteiger partial charge in [0.25, 0.3) is 10.0 Å². The van der Waals surface area contributed by atoms with Gasteiger partial charge in [-0.25, -0.2) is 18.4 Å². The van der Waals surface area contributed by atoms with Crippen LogP contribution in [-0.4, -0.2) is 31.6 Å². The first-order chi connectivity index (χ1) is 13.8. The molecule has 1 unspecified atom stereocenters. The fourth-order valence-corrected chi connectivity index (χ4v) is 6.78. The number of aromatic nitrogens is 1. The Hall–Kier alpha value is -1.98. The lowest BCUT2D eigenvalue weighted by molar-refractivity contribution is -0.117. The molecule has 1 aliphatic rings. The van der Waals surface area contributed by atoms with Gasteiger partial charge in [0.2, 0.25) is 11.0 Å². The number of hydrogen-bond acceptors (Lipinski definition) is 7. The molecule has 3 aromatic rings. The molecule has 1 aliphatic heterocycles. The maximum Gasteiger partial charge on any atom is 0.266 e. The number of sulfonamides is 1. The zero-order valence-electron chi connectivity index (χ0n) is 14.7. The number of anilines is 2. The lowest BCUT2D eigenvalue weighted by Crippen LogP contribution is -2.49. The smallest absolute Gasteiger partial charge is 0.266 e. The van der Waals surface area contributed by atoms with Crippen molar-refractivity contribution in [2.24, 2.45) is 4.99 Å². The summed E-state index contributed by atoms with van der Waals surface area (Å²) in [4.78, 5) is 21.0. The van der Waals surface area contributed by atoms with Gasteiger partial charge in [0, 0.05) is 22.8 Å². The van der Waals surface area contributed by atoms with Gasteiger partial charge in [0.15, 0.2) is 0 Å². The minimum absolute atomic E-state index is 0.0414. The van der Waals surface area contributed by atoms with Crippen LogP contribution in [-0.2, 0) is 14.8 Å². The molecule has 0 aliphatic carbocycles. The summed E-state index contributed by atoms with van der Waals surface area (Å²) in [6.45, 7) is 1.51. The first-order valence-electron chi connectivity index (χ1n) is 8.15. The average molecular weight is 487 g/mol. The van der Waals surface area contributed by atoms with E-state index in [4.69, 9.17) is 23.2 Å². The van der Waals surface area contributed by atoms with Gasteiger partial charge in [-0.15, -0.1) is 22.7 Å². The average Bonchev–Trinajstić information content (AvgIpc) is 3.30. The molecule has 1 N–H and O–H groups in total. The van der Waals surface area contributed by atoms with Gasteiger partial charge in [-0.05, 0) is 31.2 Å². The van der Waals surface area contributed by atoms with Crippen LogP contribution in [0.3, 0.4) is 0 Å². The quantitative estimate of drug-likeness (QED) is 0.536. The normalized spacial score (nSPS) is 16.9. The Morgan fingerprint density at radius 3 is 2.83 bits per heavy atom. The predicted octanol–water partition coefficient (Wildman–Crippen LogP) is 4.80. The van der Waals surface area contributed by atoms with Gasteiger partial charge in [0.05, 0.1) is 20.6 Å². The number of nitrogens with one attached hydrogen (secondary N) is 1. The van der Waals surface area contributed by atoms with E-state index in [1.54, 1.807) is 23.7 Å². The Labute approximate surface area is 184 Å².